The first-order valence-electron chi connectivity index (χ1n) is 12.7. The third-order valence-electron chi connectivity index (χ3n) is 6.41. The SMILES string of the molecule is Cc1noc(C)c1NC(=O)N(C)C[C@@H]1Oc2ccc(NC(=O)NC(C)C)cc2C(=O)N([C@H](C)CO)C[C@@H]1C. The first-order valence-corrected chi connectivity index (χ1v) is 12.7. The molecule has 0 spiro atoms. The van der Waals surface area contributed by atoms with Gasteiger partial charge in [-0.25, -0.2) is 9.59 Å². The van der Waals surface area contributed by atoms with E-state index in [1.165, 1.54) is 4.90 Å². The van der Waals surface area contributed by atoms with Crippen LogP contribution in [0.4, 0.5) is 21.0 Å². The highest BCUT2D eigenvalue weighted by Crippen LogP contribution is 2.31. The van der Waals surface area contributed by atoms with Gasteiger partial charge in [-0.15, -0.1) is 0 Å². The van der Waals surface area contributed by atoms with Crippen LogP contribution in [-0.2, 0) is 0 Å². The van der Waals surface area contributed by atoms with Gasteiger partial charge in [0.2, 0.25) is 0 Å². The third-order valence-corrected chi connectivity index (χ3v) is 6.41. The summed E-state index contributed by atoms with van der Waals surface area (Å²) >= 11 is 0. The molecule has 0 bridgehead atoms. The van der Waals surface area contributed by atoms with E-state index in [2.05, 4.69) is 21.1 Å². The van der Waals surface area contributed by atoms with Gasteiger partial charge in [0.25, 0.3) is 5.91 Å². The number of likely N-dealkylation sites (N-methyl/N-ethyl adjacent to an activating group) is 1. The number of nitrogens with one attached hydrogen (secondary N) is 3. The van der Waals surface area contributed by atoms with Crippen molar-refractivity contribution >= 4 is 29.3 Å². The Morgan fingerprint density at radius 2 is 1.95 bits per heavy atom. The van der Waals surface area contributed by atoms with Crippen LogP contribution >= 0.6 is 0 Å². The molecule has 0 saturated heterocycles. The first kappa shape index (κ1) is 28.8. The fourth-order valence-corrected chi connectivity index (χ4v) is 4.16. The van der Waals surface area contributed by atoms with Crippen LogP contribution in [0.1, 0.15) is 49.5 Å². The molecule has 1 aliphatic heterocycles. The second-order valence-corrected chi connectivity index (χ2v) is 10.1. The second-order valence-electron chi connectivity index (χ2n) is 10.1. The molecule has 2 heterocycles. The molecule has 0 unspecified atom stereocenters. The molecule has 1 aliphatic rings. The van der Waals surface area contributed by atoms with Crippen molar-refractivity contribution in [3.63, 3.8) is 0 Å². The third kappa shape index (κ3) is 6.74. The Balaban J connectivity index is 1.87. The lowest BCUT2D eigenvalue weighted by Gasteiger charge is -2.38. The number of carbonyl (C=O) groups excluding carboxylic acids is 3. The predicted molar refractivity (Wildman–Crippen MR) is 143 cm³/mol. The van der Waals surface area contributed by atoms with Gasteiger partial charge in [-0.3, -0.25) is 4.79 Å². The van der Waals surface area contributed by atoms with E-state index in [4.69, 9.17) is 9.26 Å². The number of rotatable bonds is 7. The van der Waals surface area contributed by atoms with Crippen LogP contribution in [0.25, 0.3) is 0 Å². The van der Waals surface area contributed by atoms with Crippen LogP contribution in [0.2, 0.25) is 0 Å². The fourth-order valence-electron chi connectivity index (χ4n) is 4.16. The van der Waals surface area contributed by atoms with Gasteiger partial charge in [0.15, 0.2) is 5.76 Å². The number of hydrogen-bond donors (Lipinski definition) is 4. The summed E-state index contributed by atoms with van der Waals surface area (Å²) in [6, 6.07) is 3.60. The summed E-state index contributed by atoms with van der Waals surface area (Å²) in [7, 11) is 1.66. The zero-order valence-corrected chi connectivity index (χ0v) is 23.0. The molecule has 0 saturated carbocycles. The van der Waals surface area contributed by atoms with Crippen molar-refractivity contribution in [2.45, 2.75) is 59.7 Å². The summed E-state index contributed by atoms with van der Waals surface area (Å²) in [6.07, 6.45) is -0.473. The van der Waals surface area contributed by atoms with E-state index < -0.39 is 18.2 Å². The molecule has 12 nitrogen and oxygen atoms in total. The number of nitrogens with zero attached hydrogens (tertiary/aromatic N) is 3. The molecule has 38 heavy (non-hydrogen) atoms. The molecule has 3 rings (SSSR count). The van der Waals surface area contributed by atoms with Gasteiger partial charge >= 0.3 is 12.1 Å². The Hall–Kier alpha value is -3.80. The monoisotopic (exact) mass is 530 g/mol. The highest BCUT2D eigenvalue weighted by molar-refractivity contribution is 5.99. The smallest absolute Gasteiger partial charge is 0.321 e. The summed E-state index contributed by atoms with van der Waals surface area (Å²) in [6.45, 7) is 11.2. The quantitative estimate of drug-likeness (QED) is 0.429. The number of aliphatic hydroxyl groups is 1. The minimum absolute atomic E-state index is 0.0563. The van der Waals surface area contributed by atoms with E-state index in [0.717, 1.165) is 0 Å². The van der Waals surface area contributed by atoms with Crippen LogP contribution < -0.4 is 20.7 Å². The normalized spacial score (nSPS) is 18.1. The largest absolute Gasteiger partial charge is 0.487 e. The van der Waals surface area contributed by atoms with Crippen molar-refractivity contribution in [3.8, 4) is 5.75 Å². The average molecular weight is 531 g/mol. The first-order chi connectivity index (χ1) is 17.9. The molecule has 208 valence electrons. The number of benzene rings is 1. The standard InChI is InChI=1S/C26H38N6O6/c1-14(2)27-25(35)28-19-8-9-21-20(10-19)24(34)32(16(4)13-33)11-15(3)22(37-21)12-31(7)26(36)29-23-17(5)30-38-18(23)6/h8-10,14-16,22,33H,11-13H2,1-7H3,(H,29,36)(H2,27,28,35)/t15-,16+,22-/m0/s1. The molecule has 2 aromatic rings. The van der Waals surface area contributed by atoms with Crippen LogP contribution in [0.15, 0.2) is 22.7 Å². The Morgan fingerprint density at radius 1 is 1.24 bits per heavy atom. The van der Waals surface area contributed by atoms with Crippen molar-refractivity contribution in [3.05, 3.63) is 35.2 Å². The minimum atomic E-state index is -0.473. The molecule has 4 N–H and O–H groups in total. The average Bonchev–Trinajstić information content (AvgIpc) is 3.17. The van der Waals surface area contributed by atoms with Gasteiger partial charge in [0.1, 0.15) is 23.2 Å². The van der Waals surface area contributed by atoms with Gasteiger partial charge < -0.3 is 40.1 Å². The van der Waals surface area contributed by atoms with Gasteiger partial charge in [-0.05, 0) is 52.8 Å². The van der Waals surface area contributed by atoms with E-state index >= 15 is 0 Å². The zero-order valence-electron chi connectivity index (χ0n) is 23.0. The lowest BCUT2D eigenvalue weighted by atomic mass is 9.99. The minimum Gasteiger partial charge on any atom is -0.487 e. The fraction of sp³-hybridized carbons (Fsp3) is 0.538. The number of fused-ring (bicyclic) bond motifs is 1. The van der Waals surface area contributed by atoms with Gasteiger partial charge in [0.05, 0.1) is 24.8 Å². The van der Waals surface area contributed by atoms with Crippen LogP contribution in [-0.4, -0.2) is 83.0 Å². The van der Waals surface area contributed by atoms with Gasteiger partial charge in [-0.1, -0.05) is 12.1 Å². The van der Waals surface area contributed by atoms with Gasteiger partial charge in [-0.2, -0.15) is 0 Å². The number of urea groups is 2. The molecule has 12 heteroatoms. The molecule has 0 fully saturated rings. The topological polar surface area (TPSA) is 149 Å². The van der Waals surface area contributed by atoms with E-state index in [9.17, 15) is 19.5 Å². The Labute approximate surface area is 222 Å². The number of ether oxygens (including phenoxy) is 1. The van der Waals surface area contributed by atoms with Crippen molar-refractivity contribution in [2.75, 3.05) is 37.4 Å². The maximum absolute atomic E-state index is 13.5. The molecule has 0 radical (unpaired) electrons. The number of aromatic nitrogens is 1. The Morgan fingerprint density at radius 3 is 2.55 bits per heavy atom. The number of aliphatic hydroxyl groups excluding tert-OH is 1. The molecule has 5 amide bonds. The van der Waals surface area contributed by atoms with Crippen molar-refractivity contribution in [2.24, 2.45) is 5.92 Å². The van der Waals surface area contributed by atoms with Crippen molar-refractivity contribution in [1.82, 2.24) is 20.3 Å². The maximum Gasteiger partial charge on any atom is 0.321 e. The highest BCUT2D eigenvalue weighted by Gasteiger charge is 2.34. The van der Waals surface area contributed by atoms with E-state index in [0.29, 0.717) is 35.1 Å². The Bertz CT molecular complexity index is 1150. The number of hydrogen-bond acceptors (Lipinski definition) is 7. The summed E-state index contributed by atoms with van der Waals surface area (Å²) in [5.41, 5.74) is 1.78. The number of carbonyl (C=O) groups is 3. The summed E-state index contributed by atoms with van der Waals surface area (Å²) in [4.78, 5) is 41.8. The predicted octanol–water partition coefficient (Wildman–Crippen LogP) is 3.21. The summed E-state index contributed by atoms with van der Waals surface area (Å²) < 4.78 is 11.4. The highest BCUT2D eigenvalue weighted by atomic mass is 16.5. The molecule has 3 atom stereocenters. The van der Waals surface area contributed by atoms with E-state index in [-0.39, 0.29) is 42.6 Å². The summed E-state index contributed by atoms with van der Waals surface area (Å²) in [5, 5.41) is 22.0. The second kappa shape index (κ2) is 12.2. The molecular formula is C26H38N6O6. The molecule has 1 aromatic carbocycles. The number of amides is 5. The van der Waals surface area contributed by atoms with Gasteiger partial charge in [0, 0.05) is 31.2 Å². The van der Waals surface area contributed by atoms with E-state index in [1.54, 1.807) is 50.9 Å². The molecular weight excluding hydrogens is 492 g/mol. The van der Waals surface area contributed by atoms with Crippen molar-refractivity contribution < 1.29 is 28.8 Å². The van der Waals surface area contributed by atoms with Crippen LogP contribution in [0.3, 0.4) is 0 Å². The van der Waals surface area contributed by atoms with E-state index in [1.807, 2.05) is 20.8 Å². The lowest BCUT2D eigenvalue weighted by Crippen LogP contribution is -2.50. The number of anilines is 2. The molecule has 0 aliphatic carbocycles. The van der Waals surface area contributed by atoms with Crippen LogP contribution in [0, 0.1) is 19.8 Å². The lowest BCUT2D eigenvalue weighted by molar-refractivity contribution is 0.0371. The summed E-state index contributed by atoms with van der Waals surface area (Å²) in [5.74, 6) is 0.345. The maximum atomic E-state index is 13.5. The zero-order chi connectivity index (χ0) is 28.1. The Kier molecular flexibility index (Phi) is 9.21. The van der Waals surface area contributed by atoms with Crippen LogP contribution in [0.5, 0.6) is 5.75 Å². The number of aryl methyl sites for hydroxylation is 2. The van der Waals surface area contributed by atoms with Crippen molar-refractivity contribution in [1.29, 1.82) is 0 Å². The molecule has 1 aromatic heterocycles.